The van der Waals surface area contributed by atoms with Crippen molar-refractivity contribution in [3.8, 4) is 0 Å². The first-order chi connectivity index (χ1) is 10.3. The average molecular weight is 301 g/mol. The number of carbonyl (C=O) groups excluding carboxylic acids is 1. The van der Waals surface area contributed by atoms with E-state index in [0.717, 1.165) is 30.1 Å². The lowest BCUT2D eigenvalue weighted by molar-refractivity contribution is -0.135. The highest BCUT2D eigenvalue weighted by Crippen LogP contribution is 2.32. The molecule has 0 aliphatic carbocycles. The molecule has 0 bridgehead atoms. The van der Waals surface area contributed by atoms with Crippen molar-refractivity contribution in [2.45, 2.75) is 38.1 Å². The number of aryl methyl sites for hydroxylation is 1. The van der Waals surface area contributed by atoms with E-state index in [1.807, 2.05) is 34.7 Å². The summed E-state index contributed by atoms with van der Waals surface area (Å²) in [7, 11) is 0. The third-order valence-electron chi connectivity index (χ3n) is 3.88. The molecular weight excluding hydrogens is 282 g/mol. The molecule has 21 heavy (non-hydrogen) atoms. The molecule has 0 aromatic carbocycles. The van der Waals surface area contributed by atoms with Crippen LogP contribution in [0, 0.1) is 0 Å². The number of aromatic nitrogens is 2. The summed E-state index contributed by atoms with van der Waals surface area (Å²) in [5.41, 5.74) is 0.980. The standard InChI is InChI=1S/C16H19N3OS/c20-15(8-7-13-5-1-3-9-17-13)19-11-4-2-6-14(19)16-18-10-12-21-16/h1,3,5,9-10,12,14H,2,4,6-8,11H2/t14-/m0/s1. The van der Waals surface area contributed by atoms with Gasteiger partial charge in [0.25, 0.3) is 0 Å². The lowest BCUT2D eigenvalue weighted by atomic mass is 10.0. The van der Waals surface area contributed by atoms with Gasteiger partial charge in [-0.2, -0.15) is 0 Å². The fourth-order valence-corrected chi connectivity index (χ4v) is 3.60. The zero-order valence-electron chi connectivity index (χ0n) is 11.9. The van der Waals surface area contributed by atoms with Gasteiger partial charge in [0.05, 0.1) is 6.04 Å². The van der Waals surface area contributed by atoms with Crippen LogP contribution in [0.15, 0.2) is 36.0 Å². The number of hydrogen-bond acceptors (Lipinski definition) is 4. The number of piperidine rings is 1. The van der Waals surface area contributed by atoms with Crippen LogP contribution in [0.25, 0.3) is 0 Å². The molecule has 1 aliphatic rings. The second kappa shape index (κ2) is 6.80. The van der Waals surface area contributed by atoms with Crippen molar-refractivity contribution in [2.75, 3.05) is 6.54 Å². The summed E-state index contributed by atoms with van der Waals surface area (Å²) in [6, 6.07) is 6.01. The Morgan fingerprint density at radius 2 is 2.24 bits per heavy atom. The summed E-state index contributed by atoms with van der Waals surface area (Å²) in [4.78, 5) is 23.3. The minimum Gasteiger partial charge on any atom is -0.333 e. The Hall–Kier alpha value is -1.75. The molecule has 0 spiro atoms. The minimum absolute atomic E-state index is 0.176. The first-order valence-electron chi connectivity index (χ1n) is 7.43. The molecule has 110 valence electrons. The average Bonchev–Trinajstić information content (AvgIpc) is 3.08. The van der Waals surface area contributed by atoms with Gasteiger partial charge in [-0.15, -0.1) is 11.3 Å². The first-order valence-corrected chi connectivity index (χ1v) is 8.31. The van der Waals surface area contributed by atoms with Gasteiger partial charge in [-0.05, 0) is 37.8 Å². The van der Waals surface area contributed by atoms with Gasteiger partial charge in [0, 0.05) is 36.4 Å². The van der Waals surface area contributed by atoms with Crippen molar-refractivity contribution >= 4 is 17.2 Å². The molecule has 3 rings (SSSR count). The quantitative estimate of drug-likeness (QED) is 0.871. The summed E-state index contributed by atoms with van der Waals surface area (Å²) >= 11 is 1.65. The Morgan fingerprint density at radius 3 is 3.00 bits per heavy atom. The first kappa shape index (κ1) is 14.2. The highest BCUT2D eigenvalue weighted by Gasteiger charge is 2.29. The Kier molecular flexibility index (Phi) is 4.60. The monoisotopic (exact) mass is 301 g/mol. The summed E-state index contributed by atoms with van der Waals surface area (Å²) in [5.74, 6) is 0.223. The Morgan fingerprint density at radius 1 is 1.29 bits per heavy atom. The van der Waals surface area contributed by atoms with E-state index in [9.17, 15) is 4.79 Å². The normalized spacial score (nSPS) is 18.7. The maximum absolute atomic E-state index is 12.6. The molecule has 0 saturated carbocycles. The molecule has 1 fully saturated rings. The zero-order valence-corrected chi connectivity index (χ0v) is 12.8. The van der Waals surface area contributed by atoms with Crippen LogP contribution in [0.4, 0.5) is 0 Å². The van der Waals surface area contributed by atoms with Gasteiger partial charge < -0.3 is 4.90 Å². The van der Waals surface area contributed by atoms with Gasteiger partial charge in [0.15, 0.2) is 0 Å². The molecule has 1 saturated heterocycles. The van der Waals surface area contributed by atoms with Crippen molar-refractivity contribution in [3.05, 3.63) is 46.7 Å². The number of hydrogen-bond donors (Lipinski definition) is 0. The van der Waals surface area contributed by atoms with Gasteiger partial charge in [0.1, 0.15) is 5.01 Å². The van der Waals surface area contributed by atoms with Crippen LogP contribution in [-0.4, -0.2) is 27.3 Å². The second-order valence-electron chi connectivity index (χ2n) is 5.29. The molecule has 0 unspecified atom stereocenters. The minimum atomic E-state index is 0.176. The van der Waals surface area contributed by atoms with Gasteiger partial charge >= 0.3 is 0 Å². The van der Waals surface area contributed by atoms with E-state index < -0.39 is 0 Å². The zero-order chi connectivity index (χ0) is 14.5. The van der Waals surface area contributed by atoms with E-state index in [4.69, 9.17) is 0 Å². The molecule has 0 N–H and O–H groups in total. The predicted molar refractivity (Wildman–Crippen MR) is 83.0 cm³/mol. The number of rotatable bonds is 4. The summed E-state index contributed by atoms with van der Waals surface area (Å²) in [6.07, 6.45) is 8.14. The number of amides is 1. The van der Waals surface area contributed by atoms with Crippen molar-refractivity contribution in [3.63, 3.8) is 0 Å². The van der Waals surface area contributed by atoms with Gasteiger partial charge in [0.2, 0.25) is 5.91 Å². The van der Waals surface area contributed by atoms with Gasteiger partial charge in [-0.1, -0.05) is 6.07 Å². The molecule has 1 aliphatic heterocycles. The lowest BCUT2D eigenvalue weighted by Crippen LogP contribution is -2.38. The number of carbonyl (C=O) groups is 1. The SMILES string of the molecule is O=C(CCc1ccccn1)N1CCCC[C@H]1c1nccs1. The molecule has 0 radical (unpaired) electrons. The van der Waals surface area contributed by atoms with Crippen molar-refractivity contribution in [1.29, 1.82) is 0 Å². The van der Waals surface area contributed by atoms with E-state index >= 15 is 0 Å². The fourth-order valence-electron chi connectivity index (χ4n) is 2.81. The maximum atomic E-state index is 12.6. The highest BCUT2D eigenvalue weighted by molar-refractivity contribution is 7.09. The highest BCUT2D eigenvalue weighted by atomic mass is 32.1. The van der Waals surface area contributed by atoms with E-state index in [1.54, 1.807) is 17.5 Å². The van der Waals surface area contributed by atoms with E-state index in [0.29, 0.717) is 12.8 Å². The Balaban J connectivity index is 1.64. The Bertz CT molecular complexity index is 570. The maximum Gasteiger partial charge on any atom is 0.223 e. The van der Waals surface area contributed by atoms with E-state index in [1.165, 1.54) is 6.42 Å². The fraction of sp³-hybridized carbons (Fsp3) is 0.438. The van der Waals surface area contributed by atoms with Gasteiger partial charge in [-0.25, -0.2) is 4.98 Å². The number of thiazole rings is 1. The van der Waals surface area contributed by atoms with Crippen LogP contribution in [0.2, 0.25) is 0 Å². The summed E-state index contributed by atoms with van der Waals surface area (Å²) in [6.45, 7) is 0.852. The molecule has 1 atom stereocenters. The molecule has 3 heterocycles. The second-order valence-corrected chi connectivity index (χ2v) is 6.22. The predicted octanol–water partition coefficient (Wildman–Crippen LogP) is 3.22. The topological polar surface area (TPSA) is 46.1 Å². The van der Waals surface area contributed by atoms with Crippen LogP contribution in [0.5, 0.6) is 0 Å². The largest absolute Gasteiger partial charge is 0.333 e. The number of pyridine rings is 1. The lowest BCUT2D eigenvalue weighted by Gasteiger charge is -2.34. The van der Waals surface area contributed by atoms with Crippen LogP contribution >= 0.6 is 11.3 Å². The smallest absolute Gasteiger partial charge is 0.223 e. The Labute approximate surface area is 128 Å². The molecule has 4 nitrogen and oxygen atoms in total. The van der Waals surface area contributed by atoms with Crippen LogP contribution < -0.4 is 0 Å². The van der Waals surface area contributed by atoms with Crippen molar-refractivity contribution in [2.24, 2.45) is 0 Å². The van der Waals surface area contributed by atoms with Crippen LogP contribution in [-0.2, 0) is 11.2 Å². The van der Waals surface area contributed by atoms with Crippen molar-refractivity contribution < 1.29 is 4.79 Å². The summed E-state index contributed by atoms with van der Waals surface area (Å²) in [5, 5.41) is 3.06. The van der Waals surface area contributed by atoms with Crippen LogP contribution in [0.1, 0.15) is 42.4 Å². The third kappa shape index (κ3) is 3.47. The third-order valence-corrected chi connectivity index (χ3v) is 4.76. The van der Waals surface area contributed by atoms with Crippen molar-refractivity contribution in [1.82, 2.24) is 14.9 Å². The number of nitrogens with zero attached hydrogens (tertiary/aromatic N) is 3. The molecule has 5 heteroatoms. The van der Waals surface area contributed by atoms with Crippen LogP contribution in [0.3, 0.4) is 0 Å². The van der Waals surface area contributed by atoms with E-state index in [2.05, 4.69) is 9.97 Å². The summed E-state index contributed by atoms with van der Waals surface area (Å²) < 4.78 is 0. The van der Waals surface area contributed by atoms with E-state index in [-0.39, 0.29) is 11.9 Å². The molecule has 2 aromatic heterocycles. The molecule has 1 amide bonds. The number of likely N-dealkylation sites (tertiary alicyclic amines) is 1. The molecular formula is C16H19N3OS. The molecule has 2 aromatic rings. The van der Waals surface area contributed by atoms with Gasteiger partial charge in [-0.3, -0.25) is 9.78 Å².